The van der Waals surface area contributed by atoms with Crippen molar-refractivity contribution in [3.05, 3.63) is 71.3 Å². The molecule has 0 aliphatic carbocycles. The number of nitrogens with one attached hydrogen (secondary N) is 1. The fraction of sp³-hybridized carbons (Fsp3) is 0.316. The fourth-order valence-corrected chi connectivity index (χ4v) is 2.38. The highest BCUT2D eigenvalue weighted by Crippen LogP contribution is 2.21. The first-order chi connectivity index (χ1) is 10.1. The zero-order valence-electron chi connectivity index (χ0n) is 13.0. The topological polar surface area (TPSA) is 29.1 Å². The quantitative estimate of drug-likeness (QED) is 0.858. The molecule has 0 fully saturated rings. The second kappa shape index (κ2) is 7.07. The van der Waals surface area contributed by atoms with Crippen molar-refractivity contribution in [3.8, 4) is 0 Å². The van der Waals surface area contributed by atoms with Crippen molar-refractivity contribution in [2.45, 2.75) is 33.2 Å². The lowest BCUT2D eigenvalue weighted by molar-refractivity contribution is 0.0932. The van der Waals surface area contributed by atoms with Crippen LogP contribution >= 0.6 is 0 Å². The molecule has 0 radical (unpaired) electrons. The summed E-state index contributed by atoms with van der Waals surface area (Å²) in [5.74, 6) is 0.512. The van der Waals surface area contributed by atoms with Gasteiger partial charge < -0.3 is 5.32 Å². The van der Waals surface area contributed by atoms with Gasteiger partial charge in [0.2, 0.25) is 0 Å². The third-order valence-electron chi connectivity index (χ3n) is 3.53. The SMILES string of the molecule is Cc1ccc(C(=O)NC(CC(C)C)c2ccccc2)cc1. The molecule has 2 aromatic rings. The monoisotopic (exact) mass is 281 g/mol. The van der Waals surface area contributed by atoms with E-state index in [1.54, 1.807) is 0 Å². The molecule has 110 valence electrons. The molecule has 2 aromatic carbocycles. The van der Waals surface area contributed by atoms with Gasteiger partial charge in [-0.15, -0.1) is 0 Å². The van der Waals surface area contributed by atoms with Gasteiger partial charge in [-0.3, -0.25) is 4.79 Å². The van der Waals surface area contributed by atoms with E-state index in [1.807, 2.05) is 49.4 Å². The number of rotatable bonds is 5. The Balaban J connectivity index is 2.15. The van der Waals surface area contributed by atoms with Crippen LogP contribution in [0.2, 0.25) is 0 Å². The van der Waals surface area contributed by atoms with Crippen molar-refractivity contribution < 1.29 is 4.79 Å². The molecule has 2 rings (SSSR count). The maximum atomic E-state index is 12.4. The van der Waals surface area contributed by atoms with Gasteiger partial charge in [-0.1, -0.05) is 61.9 Å². The van der Waals surface area contributed by atoms with Crippen molar-refractivity contribution in [2.24, 2.45) is 5.92 Å². The smallest absolute Gasteiger partial charge is 0.251 e. The minimum atomic E-state index is -0.00972. The van der Waals surface area contributed by atoms with Crippen molar-refractivity contribution in [1.82, 2.24) is 5.32 Å². The number of hydrogen-bond acceptors (Lipinski definition) is 1. The molecule has 2 nitrogen and oxygen atoms in total. The van der Waals surface area contributed by atoms with Gasteiger partial charge in [0.15, 0.2) is 0 Å². The molecule has 21 heavy (non-hydrogen) atoms. The van der Waals surface area contributed by atoms with Gasteiger partial charge in [-0.05, 0) is 37.0 Å². The van der Waals surface area contributed by atoms with Gasteiger partial charge in [0.1, 0.15) is 0 Å². The zero-order chi connectivity index (χ0) is 15.2. The fourth-order valence-electron chi connectivity index (χ4n) is 2.38. The van der Waals surface area contributed by atoms with Gasteiger partial charge >= 0.3 is 0 Å². The molecule has 1 atom stereocenters. The third kappa shape index (κ3) is 4.45. The Bertz CT molecular complexity index is 572. The summed E-state index contributed by atoms with van der Waals surface area (Å²) in [5.41, 5.74) is 3.03. The third-order valence-corrected chi connectivity index (χ3v) is 3.53. The summed E-state index contributed by atoms with van der Waals surface area (Å²) in [4.78, 5) is 12.4. The van der Waals surface area contributed by atoms with Crippen LogP contribution in [-0.2, 0) is 0 Å². The summed E-state index contributed by atoms with van der Waals surface area (Å²) in [6, 6.07) is 17.9. The van der Waals surface area contributed by atoms with Crippen molar-refractivity contribution in [2.75, 3.05) is 0 Å². The van der Waals surface area contributed by atoms with Crippen LogP contribution in [0.3, 0.4) is 0 Å². The van der Waals surface area contributed by atoms with Crippen LogP contribution in [0.5, 0.6) is 0 Å². The molecule has 0 bridgehead atoms. The molecular formula is C19H23NO. The maximum Gasteiger partial charge on any atom is 0.251 e. The van der Waals surface area contributed by atoms with Crippen molar-refractivity contribution in [1.29, 1.82) is 0 Å². The van der Waals surface area contributed by atoms with Gasteiger partial charge in [-0.25, -0.2) is 0 Å². The van der Waals surface area contributed by atoms with Crippen LogP contribution < -0.4 is 5.32 Å². The lowest BCUT2D eigenvalue weighted by atomic mass is 9.96. The first kappa shape index (κ1) is 15.3. The molecule has 0 aromatic heterocycles. The van der Waals surface area contributed by atoms with Crippen LogP contribution in [0.25, 0.3) is 0 Å². The minimum absolute atomic E-state index is 0.00972. The number of benzene rings is 2. The molecular weight excluding hydrogens is 258 g/mol. The van der Waals surface area contributed by atoms with E-state index in [2.05, 4.69) is 31.3 Å². The van der Waals surface area contributed by atoms with Crippen LogP contribution in [0.1, 0.15) is 47.8 Å². The lowest BCUT2D eigenvalue weighted by Crippen LogP contribution is -2.29. The van der Waals surface area contributed by atoms with Crippen LogP contribution in [0.15, 0.2) is 54.6 Å². The van der Waals surface area contributed by atoms with Crippen LogP contribution in [0, 0.1) is 12.8 Å². The van der Waals surface area contributed by atoms with E-state index in [1.165, 1.54) is 0 Å². The standard InChI is InChI=1S/C19H23NO/c1-14(2)13-18(16-7-5-4-6-8-16)20-19(21)17-11-9-15(3)10-12-17/h4-12,14,18H,13H2,1-3H3,(H,20,21). The second-order valence-electron chi connectivity index (χ2n) is 5.93. The Morgan fingerprint density at radius 2 is 1.62 bits per heavy atom. The molecule has 0 saturated heterocycles. The van der Waals surface area contributed by atoms with Crippen LogP contribution in [-0.4, -0.2) is 5.91 Å². The molecule has 1 unspecified atom stereocenters. The van der Waals surface area contributed by atoms with Gasteiger partial charge in [0.25, 0.3) is 5.91 Å². The largest absolute Gasteiger partial charge is 0.345 e. The Labute approximate surface area is 127 Å². The Morgan fingerprint density at radius 3 is 2.19 bits per heavy atom. The van der Waals surface area contributed by atoms with E-state index < -0.39 is 0 Å². The number of amides is 1. The summed E-state index contributed by atoms with van der Waals surface area (Å²) in [6.45, 7) is 6.37. The predicted octanol–water partition coefficient (Wildman–Crippen LogP) is 4.51. The average Bonchev–Trinajstić information content (AvgIpc) is 2.47. The molecule has 0 heterocycles. The first-order valence-corrected chi connectivity index (χ1v) is 7.48. The molecule has 2 heteroatoms. The zero-order valence-corrected chi connectivity index (χ0v) is 13.0. The summed E-state index contributed by atoms with van der Waals surface area (Å²) < 4.78 is 0. The first-order valence-electron chi connectivity index (χ1n) is 7.48. The summed E-state index contributed by atoms with van der Waals surface area (Å²) >= 11 is 0. The van der Waals surface area contributed by atoms with E-state index in [0.717, 1.165) is 17.5 Å². The van der Waals surface area contributed by atoms with Crippen molar-refractivity contribution >= 4 is 5.91 Å². The predicted molar refractivity (Wildman–Crippen MR) is 87.3 cm³/mol. The summed E-state index contributed by atoms with van der Waals surface area (Å²) in [5, 5.41) is 3.16. The highest BCUT2D eigenvalue weighted by atomic mass is 16.1. The molecule has 0 aliphatic heterocycles. The normalized spacial score (nSPS) is 12.2. The summed E-state index contributed by atoms with van der Waals surface area (Å²) in [7, 11) is 0. The van der Waals surface area contributed by atoms with E-state index in [4.69, 9.17) is 0 Å². The van der Waals surface area contributed by atoms with Crippen molar-refractivity contribution in [3.63, 3.8) is 0 Å². The molecule has 0 aliphatic rings. The Morgan fingerprint density at radius 1 is 1.00 bits per heavy atom. The van der Waals surface area contributed by atoms with Gasteiger partial charge in [0, 0.05) is 5.56 Å². The number of carbonyl (C=O) groups excluding carboxylic acids is 1. The van der Waals surface area contributed by atoms with E-state index in [-0.39, 0.29) is 11.9 Å². The van der Waals surface area contributed by atoms with E-state index in [0.29, 0.717) is 11.5 Å². The molecule has 0 spiro atoms. The van der Waals surface area contributed by atoms with Gasteiger partial charge in [-0.2, -0.15) is 0 Å². The number of aryl methyl sites for hydroxylation is 1. The summed E-state index contributed by atoms with van der Waals surface area (Å²) in [6.07, 6.45) is 0.932. The number of hydrogen-bond donors (Lipinski definition) is 1. The van der Waals surface area contributed by atoms with E-state index >= 15 is 0 Å². The Kier molecular flexibility index (Phi) is 5.15. The average molecular weight is 281 g/mol. The maximum absolute atomic E-state index is 12.4. The molecule has 1 amide bonds. The number of carbonyl (C=O) groups is 1. The second-order valence-corrected chi connectivity index (χ2v) is 5.93. The van der Waals surface area contributed by atoms with E-state index in [9.17, 15) is 4.79 Å². The highest BCUT2D eigenvalue weighted by molar-refractivity contribution is 5.94. The lowest BCUT2D eigenvalue weighted by Gasteiger charge is -2.21. The molecule has 0 saturated carbocycles. The highest BCUT2D eigenvalue weighted by Gasteiger charge is 2.16. The molecule has 1 N–H and O–H groups in total. The Hall–Kier alpha value is -2.09. The van der Waals surface area contributed by atoms with Gasteiger partial charge in [0.05, 0.1) is 6.04 Å². The minimum Gasteiger partial charge on any atom is -0.345 e. The van der Waals surface area contributed by atoms with Crippen LogP contribution in [0.4, 0.5) is 0 Å².